The van der Waals surface area contributed by atoms with Gasteiger partial charge in [0.05, 0.1) is 6.54 Å². The van der Waals surface area contributed by atoms with Crippen LogP contribution in [0.2, 0.25) is 0 Å². The van der Waals surface area contributed by atoms with Gasteiger partial charge in [0, 0.05) is 26.1 Å². The van der Waals surface area contributed by atoms with Crippen molar-refractivity contribution in [3.63, 3.8) is 0 Å². The Hall–Kier alpha value is -1.91. The Morgan fingerprint density at radius 3 is 2.67 bits per heavy atom. The highest BCUT2D eigenvalue weighted by molar-refractivity contribution is 5.97. The Morgan fingerprint density at radius 1 is 1.39 bits per heavy atom. The van der Waals surface area contributed by atoms with Crippen LogP contribution in [0.3, 0.4) is 0 Å². The summed E-state index contributed by atoms with van der Waals surface area (Å²) in [5.74, 6) is 0.729. The second-order valence-electron chi connectivity index (χ2n) is 4.69. The van der Waals surface area contributed by atoms with Crippen molar-refractivity contribution in [2.45, 2.75) is 26.3 Å². The van der Waals surface area contributed by atoms with E-state index in [4.69, 9.17) is 0 Å². The maximum atomic E-state index is 11.8. The number of hydrogen-bond donors (Lipinski definition) is 1. The number of likely N-dealkylation sites (tertiary alicyclic amines) is 1. The number of anilines is 1. The van der Waals surface area contributed by atoms with Crippen LogP contribution in [0.1, 0.15) is 25.3 Å². The first-order valence-corrected chi connectivity index (χ1v) is 6.06. The highest BCUT2D eigenvalue weighted by Crippen LogP contribution is 2.21. The van der Waals surface area contributed by atoms with Crippen LogP contribution in [0, 0.1) is 5.92 Å². The molecule has 5 heteroatoms. The van der Waals surface area contributed by atoms with E-state index in [9.17, 15) is 9.59 Å². The Morgan fingerprint density at radius 2 is 2.06 bits per heavy atom. The minimum atomic E-state index is -0.0819. The Kier molecular flexibility index (Phi) is 3.60. The number of imide groups is 1. The van der Waals surface area contributed by atoms with Gasteiger partial charge in [0.1, 0.15) is 5.82 Å². The molecule has 0 radical (unpaired) electrons. The van der Waals surface area contributed by atoms with Gasteiger partial charge in [-0.2, -0.15) is 0 Å². The third-order valence-corrected chi connectivity index (χ3v) is 3.07. The number of rotatable bonds is 3. The van der Waals surface area contributed by atoms with E-state index in [1.165, 1.54) is 4.90 Å². The van der Waals surface area contributed by atoms with Crippen LogP contribution in [0.15, 0.2) is 18.3 Å². The number of nitrogens with one attached hydrogen (secondary N) is 1. The van der Waals surface area contributed by atoms with Crippen molar-refractivity contribution < 1.29 is 9.59 Å². The molecule has 2 amide bonds. The molecule has 1 fully saturated rings. The number of carbonyl (C=O) groups excluding carboxylic acids is 2. The molecule has 18 heavy (non-hydrogen) atoms. The Bertz CT molecular complexity index is 455. The van der Waals surface area contributed by atoms with Crippen molar-refractivity contribution >= 4 is 17.6 Å². The fourth-order valence-electron chi connectivity index (χ4n) is 2.10. The second kappa shape index (κ2) is 5.16. The quantitative estimate of drug-likeness (QED) is 0.820. The summed E-state index contributed by atoms with van der Waals surface area (Å²) in [5.41, 5.74) is 0.908. The number of hydrogen-bond acceptors (Lipinski definition) is 4. The zero-order valence-corrected chi connectivity index (χ0v) is 10.6. The minimum absolute atomic E-state index is 0.0819. The van der Waals surface area contributed by atoms with Gasteiger partial charge >= 0.3 is 0 Å². The topological polar surface area (TPSA) is 62.3 Å². The van der Waals surface area contributed by atoms with Crippen LogP contribution in [0.4, 0.5) is 5.82 Å². The molecule has 0 spiro atoms. The third-order valence-electron chi connectivity index (χ3n) is 3.07. The second-order valence-corrected chi connectivity index (χ2v) is 4.69. The summed E-state index contributed by atoms with van der Waals surface area (Å²) in [6.45, 7) is 2.26. The van der Waals surface area contributed by atoms with Crippen LogP contribution >= 0.6 is 0 Å². The summed E-state index contributed by atoms with van der Waals surface area (Å²) in [7, 11) is 1.78. The van der Waals surface area contributed by atoms with Crippen LogP contribution in [-0.2, 0) is 16.1 Å². The first-order valence-electron chi connectivity index (χ1n) is 6.06. The van der Waals surface area contributed by atoms with Gasteiger partial charge in [-0.15, -0.1) is 0 Å². The average molecular weight is 247 g/mol. The highest BCUT2D eigenvalue weighted by atomic mass is 16.2. The zero-order chi connectivity index (χ0) is 13.1. The molecule has 1 aromatic heterocycles. The van der Waals surface area contributed by atoms with Crippen LogP contribution < -0.4 is 5.32 Å². The van der Waals surface area contributed by atoms with Crippen LogP contribution in [0.25, 0.3) is 0 Å². The van der Waals surface area contributed by atoms with E-state index in [-0.39, 0.29) is 17.7 Å². The minimum Gasteiger partial charge on any atom is -0.373 e. The Balaban J connectivity index is 2.12. The van der Waals surface area contributed by atoms with E-state index < -0.39 is 0 Å². The van der Waals surface area contributed by atoms with Crippen LogP contribution in [-0.4, -0.2) is 28.7 Å². The molecule has 0 aromatic carbocycles. The average Bonchev–Trinajstić information content (AvgIpc) is 2.34. The first-order chi connectivity index (χ1) is 8.60. The zero-order valence-electron chi connectivity index (χ0n) is 10.6. The van der Waals surface area contributed by atoms with E-state index in [1.54, 1.807) is 13.2 Å². The van der Waals surface area contributed by atoms with Gasteiger partial charge < -0.3 is 5.32 Å². The predicted molar refractivity (Wildman–Crippen MR) is 67.7 cm³/mol. The van der Waals surface area contributed by atoms with E-state index >= 15 is 0 Å². The number of carbonyl (C=O) groups is 2. The summed E-state index contributed by atoms with van der Waals surface area (Å²) in [4.78, 5) is 29.1. The van der Waals surface area contributed by atoms with Crippen molar-refractivity contribution in [3.05, 3.63) is 23.9 Å². The molecule has 0 bridgehead atoms. The maximum absolute atomic E-state index is 11.8. The molecule has 1 aliphatic rings. The fourth-order valence-corrected chi connectivity index (χ4v) is 2.10. The van der Waals surface area contributed by atoms with E-state index in [0.29, 0.717) is 19.4 Å². The first kappa shape index (κ1) is 12.5. The molecule has 0 unspecified atom stereocenters. The summed E-state index contributed by atoms with van der Waals surface area (Å²) in [6.07, 6.45) is 2.58. The van der Waals surface area contributed by atoms with E-state index in [1.807, 2.05) is 19.1 Å². The lowest BCUT2D eigenvalue weighted by Gasteiger charge is -2.28. The lowest BCUT2D eigenvalue weighted by atomic mass is 9.97. The number of piperidine rings is 1. The number of nitrogens with zero attached hydrogens (tertiary/aromatic N) is 2. The smallest absolute Gasteiger partial charge is 0.229 e. The van der Waals surface area contributed by atoms with Gasteiger partial charge in [-0.05, 0) is 23.6 Å². The summed E-state index contributed by atoms with van der Waals surface area (Å²) in [6, 6.07) is 3.66. The fraction of sp³-hybridized carbons (Fsp3) is 0.462. The number of pyridine rings is 1. The molecule has 1 saturated heterocycles. The molecule has 96 valence electrons. The van der Waals surface area contributed by atoms with Gasteiger partial charge in [0.15, 0.2) is 0 Å². The van der Waals surface area contributed by atoms with Gasteiger partial charge in [-0.1, -0.05) is 6.92 Å². The van der Waals surface area contributed by atoms with Crippen molar-refractivity contribution in [1.82, 2.24) is 9.88 Å². The van der Waals surface area contributed by atoms with Gasteiger partial charge in [0.2, 0.25) is 11.8 Å². The number of aromatic nitrogens is 1. The molecule has 0 saturated carbocycles. The normalized spacial score (nSPS) is 17.1. The van der Waals surface area contributed by atoms with Crippen molar-refractivity contribution in [3.8, 4) is 0 Å². The third kappa shape index (κ3) is 2.67. The molecule has 5 nitrogen and oxygen atoms in total. The summed E-state index contributed by atoms with van der Waals surface area (Å²) >= 11 is 0. The maximum Gasteiger partial charge on any atom is 0.229 e. The lowest BCUT2D eigenvalue weighted by Crippen LogP contribution is -2.42. The SMILES string of the molecule is CNc1cc(CN2C(=O)CC(C)CC2=O)ccn1. The molecule has 1 N–H and O–H groups in total. The van der Waals surface area contributed by atoms with Gasteiger partial charge in [-0.25, -0.2) is 4.98 Å². The van der Waals surface area contributed by atoms with E-state index in [0.717, 1.165) is 11.4 Å². The van der Waals surface area contributed by atoms with E-state index in [2.05, 4.69) is 10.3 Å². The Labute approximate surface area is 106 Å². The molecule has 2 heterocycles. The largest absolute Gasteiger partial charge is 0.373 e. The van der Waals surface area contributed by atoms with Gasteiger partial charge in [0.25, 0.3) is 0 Å². The summed E-state index contributed by atoms with van der Waals surface area (Å²) in [5, 5.41) is 2.93. The number of amides is 2. The highest BCUT2D eigenvalue weighted by Gasteiger charge is 2.30. The monoisotopic (exact) mass is 247 g/mol. The standard InChI is InChI=1S/C13H17N3O2/c1-9-5-12(17)16(13(18)6-9)8-10-3-4-15-11(7-10)14-2/h3-4,7,9H,5-6,8H2,1-2H3,(H,14,15). The molecule has 0 aliphatic carbocycles. The van der Waals surface area contributed by atoms with Crippen molar-refractivity contribution in [2.24, 2.45) is 5.92 Å². The van der Waals surface area contributed by atoms with Crippen molar-refractivity contribution in [2.75, 3.05) is 12.4 Å². The van der Waals surface area contributed by atoms with Gasteiger partial charge in [-0.3, -0.25) is 14.5 Å². The van der Waals surface area contributed by atoms with Crippen molar-refractivity contribution in [1.29, 1.82) is 0 Å². The molecule has 1 aromatic rings. The summed E-state index contributed by atoms with van der Waals surface area (Å²) < 4.78 is 0. The molecule has 1 aliphatic heterocycles. The molecule has 0 atom stereocenters. The molecular formula is C13H17N3O2. The molecular weight excluding hydrogens is 230 g/mol. The predicted octanol–water partition coefficient (Wildman–Crippen LogP) is 1.41. The van der Waals surface area contributed by atoms with Crippen LogP contribution in [0.5, 0.6) is 0 Å². The lowest BCUT2D eigenvalue weighted by molar-refractivity contribution is -0.150. The molecule has 2 rings (SSSR count).